The summed E-state index contributed by atoms with van der Waals surface area (Å²) in [4.78, 5) is 23.2. The van der Waals surface area contributed by atoms with Gasteiger partial charge in [0.05, 0.1) is 0 Å². The number of carbonyl (C=O) groups is 2. The van der Waals surface area contributed by atoms with Crippen LogP contribution >= 0.6 is 0 Å². The van der Waals surface area contributed by atoms with E-state index in [1.807, 2.05) is 18.2 Å². The van der Waals surface area contributed by atoms with Crippen LogP contribution in [0.4, 0.5) is 4.79 Å². The standard InChI is InChI=1S/C15H19NO6/c1-9-11(15(2,20)12(17)13(18)22-9)16-14(19)21-8-10-6-4-3-5-7-10/h3-7,9,11-12,17,20H,8H2,1-2H3,(H,16,19)/t9-,11+,12-,15+/m0/s1. The predicted molar refractivity (Wildman–Crippen MR) is 75.7 cm³/mol. The first-order valence-electron chi connectivity index (χ1n) is 6.90. The van der Waals surface area contributed by atoms with Crippen LogP contribution in [0.2, 0.25) is 0 Å². The van der Waals surface area contributed by atoms with Gasteiger partial charge < -0.3 is 25.0 Å². The van der Waals surface area contributed by atoms with Crippen molar-refractivity contribution in [1.82, 2.24) is 5.32 Å². The highest BCUT2D eigenvalue weighted by atomic mass is 16.6. The fourth-order valence-electron chi connectivity index (χ4n) is 2.35. The quantitative estimate of drug-likeness (QED) is 0.695. The fraction of sp³-hybridized carbons (Fsp3) is 0.467. The van der Waals surface area contributed by atoms with Gasteiger partial charge in [0.25, 0.3) is 0 Å². The van der Waals surface area contributed by atoms with E-state index in [0.29, 0.717) is 0 Å². The molecule has 2 rings (SSSR count). The number of rotatable bonds is 3. The molecule has 0 saturated carbocycles. The van der Waals surface area contributed by atoms with Gasteiger partial charge in [0.1, 0.15) is 24.4 Å². The number of benzene rings is 1. The highest BCUT2D eigenvalue weighted by molar-refractivity contribution is 5.78. The van der Waals surface area contributed by atoms with Gasteiger partial charge in [-0.2, -0.15) is 0 Å². The molecule has 1 aromatic rings. The molecule has 0 unspecified atom stereocenters. The Morgan fingerprint density at radius 3 is 2.68 bits per heavy atom. The first-order chi connectivity index (χ1) is 10.3. The van der Waals surface area contributed by atoms with E-state index in [1.165, 1.54) is 13.8 Å². The summed E-state index contributed by atoms with van der Waals surface area (Å²) in [5.74, 6) is -0.923. The van der Waals surface area contributed by atoms with Gasteiger partial charge >= 0.3 is 12.1 Å². The molecule has 1 aliphatic heterocycles. The molecular weight excluding hydrogens is 290 g/mol. The topological polar surface area (TPSA) is 105 Å². The summed E-state index contributed by atoms with van der Waals surface area (Å²) in [5.41, 5.74) is -1.03. The van der Waals surface area contributed by atoms with Gasteiger partial charge in [0.15, 0.2) is 6.10 Å². The highest BCUT2D eigenvalue weighted by Gasteiger charge is 2.52. The minimum absolute atomic E-state index is 0.0677. The van der Waals surface area contributed by atoms with Crippen LogP contribution in [0.1, 0.15) is 19.4 Å². The van der Waals surface area contributed by atoms with Crippen LogP contribution in [-0.2, 0) is 20.9 Å². The Bertz CT molecular complexity index is 544. The van der Waals surface area contributed by atoms with Gasteiger partial charge in [0.2, 0.25) is 0 Å². The molecule has 1 heterocycles. The van der Waals surface area contributed by atoms with Gasteiger partial charge in [-0.15, -0.1) is 0 Å². The van der Waals surface area contributed by atoms with Crippen molar-refractivity contribution >= 4 is 12.1 Å². The lowest BCUT2D eigenvalue weighted by Gasteiger charge is -2.42. The molecule has 22 heavy (non-hydrogen) atoms. The Labute approximate surface area is 127 Å². The maximum atomic E-state index is 11.8. The third kappa shape index (κ3) is 3.37. The molecule has 1 aromatic carbocycles. The Morgan fingerprint density at radius 1 is 1.41 bits per heavy atom. The van der Waals surface area contributed by atoms with Crippen LogP contribution in [0, 0.1) is 0 Å². The maximum absolute atomic E-state index is 11.8. The summed E-state index contributed by atoms with van der Waals surface area (Å²) in [6, 6.07) is 8.11. The zero-order valence-electron chi connectivity index (χ0n) is 12.4. The van der Waals surface area contributed by atoms with Gasteiger partial charge in [0, 0.05) is 0 Å². The molecule has 7 heteroatoms. The average molecular weight is 309 g/mol. The number of aliphatic hydroxyl groups excluding tert-OH is 1. The minimum atomic E-state index is -1.85. The molecule has 3 N–H and O–H groups in total. The number of ether oxygens (including phenoxy) is 2. The number of esters is 1. The lowest BCUT2D eigenvalue weighted by Crippen LogP contribution is -2.68. The van der Waals surface area contributed by atoms with E-state index in [0.717, 1.165) is 5.56 Å². The number of aliphatic hydroxyl groups is 2. The molecule has 120 valence electrons. The van der Waals surface area contributed by atoms with Crippen molar-refractivity contribution < 1.29 is 29.3 Å². The highest BCUT2D eigenvalue weighted by Crippen LogP contribution is 2.26. The fourth-order valence-corrected chi connectivity index (χ4v) is 2.35. The molecule has 1 saturated heterocycles. The van der Waals surface area contributed by atoms with Crippen LogP contribution in [-0.4, -0.2) is 46.1 Å². The number of alkyl carbamates (subject to hydrolysis) is 1. The van der Waals surface area contributed by atoms with Gasteiger partial charge in [-0.05, 0) is 19.4 Å². The summed E-state index contributed by atoms with van der Waals surface area (Å²) in [5, 5.41) is 22.4. The van der Waals surface area contributed by atoms with Crippen molar-refractivity contribution in [2.75, 3.05) is 0 Å². The Balaban J connectivity index is 1.96. The zero-order chi connectivity index (χ0) is 16.3. The molecular formula is C15H19NO6. The number of hydrogen-bond donors (Lipinski definition) is 3. The second kappa shape index (κ2) is 6.33. The average Bonchev–Trinajstić information content (AvgIpc) is 2.49. The second-order valence-corrected chi connectivity index (χ2v) is 5.45. The van der Waals surface area contributed by atoms with E-state index >= 15 is 0 Å². The van der Waals surface area contributed by atoms with Gasteiger partial charge in [-0.3, -0.25) is 0 Å². The van der Waals surface area contributed by atoms with Crippen molar-refractivity contribution in [2.45, 2.75) is 44.3 Å². The van der Waals surface area contributed by atoms with E-state index in [-0.39, 0.29) is 6.61 Å². The van der Waals surface area contributed by atoms with Crippen LogP contribution in [0.5, 0.6) is 0 Å². The van der Waals surface area contributed by atoms with E-state index in [2.05, 4.69) is 5.32 Å². The molecule has 0 aromatic heterocycles. The predicted octanol–water partition coefficient (Wildman–Crippen LogP) is 0.339. The summed E-state index contributed by atoms with van der Waals surface area (Å²) >= 11 is 0. The summed E-state index contributed by atoms with van der Waals surface area (Å²) in [6.45, 7) is 2.84. The Hall–Kier alpha value is -2.12. The second-order valence-electron chi connectivity index (χ2n) is 5.45. The van der Waals surface area contributed by atoms with Crippen LogP contribution < -0.4 is 5.32 Å². The first-order valence-corrected chi connectivity index (χ1v) is 6.90. The number of hydrogen-bond acceptors (Lipinski definition) is 6. The molecule has 7 nitrogen and oxygen atoms in total. The zero-order valence-corrected chi connectivity index (χ0v) is 12.4. The molecule has 1 aliphatic rings. The molecule has 0 spiro atoms. The number of cyclic esters (lactones) is 1. The lowest BCUT2D eigenvalue weighted by atomic mass is 9.84. The molecule has 0 aliphatic carbocycles. The van der Waals surface area contributed by atoms with E-state index in [9.17, 15) is 19.8 Å². The number of nitrogens with one attached hydrogen (secondary N) is 1. The smallest absolute Gasteiger partial charge is 0.407 e. The van der Waals surface area contributed by atoms with Crippen molar-refractivity contribution in [3.63, 3.8) is 0 Å². The van der Waals surface area contributed by atoms with Gasteiger partial charge in [-0.1, -0.05) is 30.3 Å². The Kier molecular flexibility index (Phi) is 4.68. The largest absolute Gasteiger partial charge is 0.458 e. The number of carbonyl (C=O) groups excluding carboxylic acids is 2. The van der Waals surface area contributed by atoms with Crippen molar-refractivity contribution in [3.05, 3.63) is 35.9 Å². The molecule has 0 radical (unpaired) electrons. The van der Waals surface area contributed by atoms with Crippen LogP contribution in [0.15, 0.2) is 30.3 Å². The summed E-state index contributed by atoms with van der Waals surface area (Å²) in [7, 11) is 0. The van der Waals surface area contributed by atoms with Crippen LogP contribution in [0.25, 0.3) is 0 Å². The van der Waals surface area contributed by atoms with Crippen molar-refractivity contribution in [1.29, 1.82) is 0 Å². The lowest BCUT2D eigenvalue weighted by molar-refractivity contribution is -0.201. The number of amides is 1. The normalized spacial score (nSPS) is 31.3. The summed E-state index contributed by atoms with van der Waals surface area (Å²) < 4.78 is 9.94. The van der Waals surface area contributed by atoms with Crippen LogP contribution in [0.3, 0.4) is 0 Å². The van der Waals surface area contributed by atoms with Crippen molar-refractivity contribution in [3.8, 4) is 0 Å². The third-order valence-corrected chi connectivity index (χ3v) is 3.66. The van der Waals surface area contributed by atoms with E-state index in [4.69, 9.17) is 9.47 Å². The molecule has 0 bridgehead atoms. The monoisotopic (exact) mass is 309 g/mol. The molecule has 4 atom stereocenters. The third-order valence-electron chi connectivity index (χ3n) is 3.66. The molecule has 1 fully saturated rings. The van der Waals surface area contributed by atoms with E-state index in [1.54, 1.807) is 12.1 Å². The molecule has 1 amide bonds. The van der Waals surface area contributed by atoms with E-state index < -0.39 is 35.9 Å². The first kappa shape index (κ1) is 16.3. The minimum Gasteiger partial charge on any atom is -0.458 e. The SMILES string of the molecule is C[C@@H]1OC(=O)[C@H](O)[C@](C)(O)[C@@H]1NC(=O)OCc1ccccc1. The maximum Gasteiger partial charge on any atom is 0.407 e. The van der Waals surface area contributed by atoms with Crippen molar-refractivity contribution in [2.24, 2.45) is 0 Å². The summed E-state index contributed by atoms with van der Waals surface area (Å²) in [6.07, 6.45) is -3.30. The van der Waals surface area contributed by atoms with Gasteiger partial charge in [-0.25, -0.2) is 9.59 Å². The Morgan fingerprint density at radius 2 is 2.05 bits per heavy atom.